The number of benzene rings is 1. The molecular weight excluding hydrogens is 501 g/mol. The number of anilines is 1. The molecule has 1 aliphatic carbocycles. The molecular formula is C22H22BrCl2N5O. The molecule has 1 saturated heterocycles. The maximum Gasteiger partial charge on any atom is 0.323 e. The van der Waals surface area contributed by atoms with Gasteiger partial charge < -0.3 is 15.5 Å². The van der Waals surface area contributed by atoms with Crippen molar-refractivity contribution in [3.05, 3.63) is 74.2 Å². The lowest BCUT2D eigenvalue weighted by atomic mass is 10.1. The first-order chi connectivity index (χ1) is 14.9. The van der Waals surface area contributed by atoms with Gasteiger partial charge in [-0.1, -0.05) is 29.3 Å². The molecule has 1 aromatic heterocycles. The Kier molecular flexibility index (Phi) is 6.74. The fourth-order valence-electron chi connectivity index (χ4n) is 3.75. The number of halogens is 3. The molecule has 4 rings (SSSR count). The minimum atomic E-state index is -0.352. The summed E-state index contributed by atoms with van der Waals surface area (Å²) in [5.74, 6) is 0. The van der Waals surface area contributed by atoms with Crippen molar-refractivity contribution < 1.29 is 4.79 Å². The number of nitrogens with one attached hydrogen (secondary N) is 2. The third kappa shape index (κ3) is 5.17. The Morgan fingerprint density at radius 1 is 1.16 bits per heavy atom. The van der Waals surface area contributed by atoms with Crippen molar-refractivity contribution in [2.24, 2.45) is 7.05 Å². The SMILES string of the molecule is Cn1ncc(Br)c1C1=CCC(NC(=O)Nc2ccc(Cl)cc2Cl)=CC(N2CCCC2)=C1. The Hall–Kier alpha value is -2.22. The highest BCUT2D eigenvalue weighted by Crippen LogP contribution is 2.31. The summed E-state index contributed by atoms with van der Waals surface area (Å²) in [5, 5.41) is 11.0. The standard InChI is InChI=1S/C22H22BrCl2N5O/c1-29-21(18(23)13-26-29)14-4-6-16(12-17(10-14)30-8-2-3-9-30)27-22(31)28-20-7-5-15(24)11-19(20)25/h4-5,7,10-13H,2-3,6,8-9H2,1H3,(H2,27,28,31). The Balaban J connectivity index is 1.57. The van der Waals surface area contributed by atoms with Gasteiger partial charge in [0.25, 0.3) is 0 Å². The number of aromatic nitrogens is 2. The Morgan fingerprint density at radius 2 is 1.94 bits per heavy atom. The number of nitrogens with zero attached hydrogens (tertiary/aromatic N) is 3. The van der Waals surface area contributed by atoms with E-state index in [9.17, 15) is 4.79 Å². The van der Waals surface area contributed by atoms with Gasteiger partial charge in [-0.15, -0.1) is 0 Å². The first kappa shape index (κ1) is 22.0. The smallest absolute Gasteiger partial charge is 0.323 e. The van der Waals surface area contributed by atoms with Gasteiger partial charge in [-0.25, -0.2) is 4.79 Å². The van der Waals surface area contributed by atoms with Crippen LogP contribution < -0.4 is 10.6 Å². The van der Waals surface area contributed by atoms with Gasteiger partial charge in [0, 0.05) is 43.0 Å². The fourth-order valence-corrected chi connectivity index (χ4v) is 4.79. The lowest BCUT2D eigenvalue weighted by Crippen LogP contribution is -2.28. The predicted octanol–water partition coefficient (Wildman–Crippen LogP) is 5.96. The summed E-state index contributed by atoms with van der Waals surface area (Å²) in [5.41, 5.74) is 4.44. The van der Waals surface area contributed by atoms with Crippen LogP contribution in [0.2, 0.25) is 10.0 Å². The highest BCUT2D eigenvalue weighted by molar-refractivity contribution is 9.10. The van der Waals surface area contributed by atoms with Crippen molar-refractivity contribution in [3.8, 4) is 0 Å². The molecule has 31 heavy (non-hydrogen) atoms. The summed E-state index contributed by atoms with van der Waals surface area (Å²) in [6.45, 7) is 2.00. The summed E-state index contributed by atoms with van der Waals surface area (Å²) in [6, 6.07) is 4.61. The molecule has 2 N–H and O–H groups in total. The van der Waals surface area contributed by atoms with Gasteiger partial charge in [-0.05, 0) is 64.7 Å². The number of amides is 2. The number of urea groups is 1. The summed E-state index contributed by atoms with van der Waals surface area (Å²) >= 11 is 15.7. The number of carbonyl (C=O) groups is 1. The van der Waals surface area contributed by atoms with E-state index in [1.165, 1.54) is 0 Å². The van der Waals surface area contributed by atoms with Crippen LogP contribution in [-0.2, 0) is 7.05 Å². The second-order valence-corrected chi connectivity index (χ2v) is 9.16. The largest absolute Gasteiger partial charge is 0.371 e. The molecule has 2 aromatic rings. The highest BCUT2D eigenvalue weighted by atomic mass is 79.9. The number of hydrogen-bond donors (Lipinski definition) is 2. The molecule has 1 aliphatic heterocycles. The number of allylic oxidation sites excluding steroid dienone is 4. The third-order valence-corrected chi connectivity index (χ3v) is 6.39. The molecule has 0 bridgehead atoms. The van der Waals surface area contributed by atoms with Crippen LogP contribution in [0.3, 0.4) is 0 Å². The van der Waals surface area contributed by atoms with Crippen LogP contribution in [0, 0.1) is 0 Å². The van der Waals surface area contributed by atoms with E-state index in [-0.39, 0.29) is 6.03 Å². The molecule has 0 atom stereocenters. The third-order valence-electron chi connectivity index (χ3n) is 5.26. The lowest BCUT2D eigenvalue weighted by molar-refractivity contribution is 0.254. The van der Waals surface area contributed by atoms with E-state index >= 15 is 0 Å². The molecule has 0 saturated carbocycles. The van der Waals surface area contributed by atoms with Crippen LogP contribution in [0.15, 0.2) is 58.5 Å². The van der Waals surface area contributed by atoms with Crippen LogP contribution in [-0.4, -0.2) is 33.8 Å². The molecule has 1 aromatic carbocycles. The van der Waals surface area contributed by atoms with Crippen molar-refractivity contribution in [3.63, 3.8) is 0 Å². The lowest BCUT2D eigenvalue weighted by Gasteiger charge is -2.20. The van der Waals surface area contributed by atoms with Gasteiger partial charge in [0.2, 0.25) is 0 Å². The molecule has 6 nitrogen and oxygen atoms in total. The Labute approximate surface area is 199 Å². The summed E-state index contributed by atoms with van der Waals surface area (Å²) in [4.78, 5) is 15.0. The van der Waals surface area contributed by atoms with Crippen LogP contribution in [0.4, 0.5) is 10.5 Å². The van der Waals surface area contributed by atoms with Crippen molar-refractivity contribution in [2.75, 3.05) is 18.4 Å². The summed E-state index contributed by atoms with van der Waals surface area (Å²) < 4.78 is 2.78. The van der Waals surface area contributed by atoms with E-state index in [2.05, 4.69) is 48.7 Å². The minimum absolute atomic E-state index is 0.352. The zero-order chi connectivity index (χ0) is 22.0. The summed E-state index contributed by atoms with van der Waals surface area (Å²) in [7, 11) is 1.92. The molecule has 2 amide bonds. The highest BCUT2D eigenvalue weighted by Gasteiger charge is 2.20. The first-order valence-electron chi connectivity index (χ1n) is 9.99. The molecule has 9 heteroatoms. The minimum Gasteiger partial charge on any atom is -0.371 e. The second kappa shape index (κ2) is 9.51. The van der Waals surface area contributed by atoms with Crippen molar-refractivity contribution in [1.29, 1.82) is 0 Å². The number of aryl methyl sites for hydroxylation is 1. The summed E-state index contributed by atoms with van der Waals surface area (Å²) in [6.07, 6.45) is 11.0. The van der Waals surface area contributed by atoms with Crippen LogP contribution in [0.1, 0.15) is 25.0 Å². The first-order valence-corrected chi connectivity index (χ1v) is 11.5. The van der Waals surface area contributed by atoms with Crippen molar-refractivity contribution in [1.82, 2.24) is 20.0 Å². The predicted molar refractivity (Wildman–Crippen MR) is 129 cm³/mol. The maximum absolute atomic E-state index is 12.6. The van der Waals surface area contributed by atoms with Crippen LogP contribution >= 0.6 is 39.1 Å². The normalized spacial score (nSPS) is 16.4. The van der Waals surface area contributed by atoms with Gasteiger partial charge in [0.05, 0.1) is 27.1 Å². The average Bonchev–Trinajstić information content (AvgIpc) is 3.32. The van der Waals surface area contributed by atoms with E-state index in [1.54, 1.807) is 24.4 Å². The second-order valence-electron chi connectivity index (χ2n) is 7.46. The Bertz CT molecular complexity index is 1080. The van der Waals surface area contributed by atoms with E-state index in [0.29, 0.717) is 22.2 Å². The molecule has 2 heterocycles. The van der Waals surface area contributed by atoms with Gasteiger partial charge in [-0.3, -0.25) is 4.68 Å². The number of carbonyl (C=O) groups excluding carboxylic acids is 1. The quantitative estimate of drug-likeness (QED) is 0.520. The molecule has 2 aliphatic rings. The van der Waals surface area contributed by atoms with Gasteiger partial charge >= 0.3 is 6.03 Å². The number of rotatable bonds is 4. The number of hydrogen-bond acceptors (Lipinski definition) is 3. The topological polar surface area (TPSA) is 62.2 Å². The van der Waals surface area contributed by atoms with E-state index in [1.807, 2.05) is 17.8 Å². The fraction of sp³-hybridized carbons (Fsp3) is 0.273. The zero-order valence-electron chi connectivity index (χ0n) is 17.0. The van der Waals surface area contributed by atoms with Crippen molar-refractivity contribution >= 4 is 56.4 Å². The maximum atomic E-state index is 12.6. The average molecular weight is 523 g/mol. The molecule has 0 spiro atoms. The Morgan fingerprint density at radius 3 is 2.61 bits per heavy atom. The van der Waals surface area contributed by atoms with E-state index in [0.717, 1.165) is 53.1 Å². The van der Waals surface area contributed by atoms with Crippen LogP contribution in [0.5, 0.6) is 0 Å². The molecule has 0 radical (unpaired) electrons. The number of likely N-dealkylation sites (tertiary alicyclic amines) is 1. The van der Waals surface area contributed by atoms with Gasteiger partial charge in [-0.2, -0.15) is 5.10 Å². The van der Waals surface area contributed by atoms with Crippen LogP contribution in [0.25, 0.3) is 5.57 Å². The molecule has 0 unspecified atom stereocenters. The molecule has 1 fully saturated rings. The van der Waals surface area contributed by atoms with E-state index < -0.39 is 0 Å². The van der Waals surface area contributed by atoms with Crippen molar-refractivity contribution in [2.45, 2.75) is 19.3 Å². The molecule has 162 valence electrons. The van der Waals surface area contributed by atoms with E-state index in [4.69, 9.17) is 23.2 Å². The zero-order valence-corrected chi connectivity index (χ0v) is 20.1. The monoisotopic (exact) mass is 521 g/mol. The van der Waals surface area contributed by atoms with Gasteiger partial charge in [0.1, 0.15) is 0 Å². The van der Waals surface area contributed by atoms with Gasteiger partial charge in [0.15, 0.2) is 0 Å².